The number of thiophene rings is 1. The summed E-state index contributed by atoms with van der Waals surface area (Å²) in [7, 11) is 0. The van der Waals surface area contributed by atoms with E-state index >= 15 is 0 Å². The molecule has 110 valence electrons. The molecule has 0 aliphatic rings. The van der Waals surface area contributed by atoms with Crippen LogP contribution in [0.1, 0.15) is 9.67 Å². The first-order valence-corrected chi connectivity index (χ1v) is 7.74. The highest BCUT2D eigenvalue weighted by molar-refractivity contribution is 7.17. The summed E-state index contributed by atoms with van der Waals surface area (Å²) in [6, 6.07) is 16.8. The monoisotopic (exact) mass is 331 g/mol. The number of nitrogens with one attached hydrogen (secondary N) is 1. The molecule has 2 aromatic carbocycles. The highest BCUT2D eigenvalue weighted by Gasteiger charge is 2.12. The summed E-state index contributed by atoms with van der Waals surface area (Å²) >= 11 is 7.06. The Morgan fingerprint density at radius 1 is 1.00 bits per heavy atom. The molecule has 2 nitrogen and oxygen atoms in total. The maximum Gasteiger partial charge on any atom is 0.265 e. The molecule has 0 saturated heterocycles. The van der Waals surface area contributed by atoms with Gasteiger partial charge in [0.1, 0.15) is 5.82 Å². The molecule has 0 aliphatic heterocycles. The van der Waals surface area contributed by atoms with Crippen molar-refractivity contribution in [2.24, 2.45) is 0 Å². The van der Waals surface area contributed by atoms with Crippen LogP contribution in [0.5, 0.6) is 0 Å². The lowest BCUT2D eigenvalue weighted by Crippen LogP contribution is -2.09. The summed E-state index contributed by atoms with van der Waals surface area (Å²) in [5.74, 6) is -0.524. The lowest BCUT2D eigenvalue weighted by Gasteiger charge is -2.03. The zero-order valence-electron chi connectivity index (χ0n) is 11.3. The minimum Gasteiger partial charge on any atom is -0.321 e. The van der Waals surface area contributed by atoms with Crippen molar-refractivity contribution in [1.29, 1.82) is 0 Å². The number of hydrogen-bond donors (Lipinski definition) is 1. The number of hydrogen-bond acceptors (Lipinski definition) is 2. The second-order valence-electron chi connectivity index (χ2n) is 4.60. The van der Waals surface area contributed by atoms with Crippen LogP contribution in [-0.2, 0) is 0 Å². The van der Waals surface area contributed by atoms with Gasteiger partial charge in [0.05, 0.1) is 4.88 Å². The van der Waals surface area contributed by atoms with E-state index < -0.39 is 0 Å². The van der Waals surface area contributed by atoms with Crippen LogP contribution in [0.4, 0.5) is 10.1 Å². The third-order valence-electron chi connectivity index (χ3n) is 3.07. The van der Waals surface area contributed by atoms with Crippen LogP contribution >= 0.6 is 22.9 Å². The maximum absolute atomic E-state index is 13.8. The minimum atomic E-state index is -0.297. The van der Waals surface area contributed by atoms with Gasteiger partial charge in [-0.3, -0.25) is 4.79 Å². The van der Waals surface area contributed by atoms with Gasteiger partial charge in [-0.05, 0) is 42.5 Å². The van der Waals surface area contributed by atoms with E-state index in [1.54, 1.807) is 54.6 Å². The molecule has 0 bridgehead atoms. The smallest absolute Gasteiger partial charge is 0.265 e. The molecule has 0 atom stereocenters. The molecule has 3 rings (SSSR count). The van der Waals surface area contributed by atoms with Gasteiger partial charge in [-0.25, -0.2) is 4.39 Å². The maximum atomic E-state index is 13.8. The van der Waals surface area contributed by atoms with Crippen molar-refractivity contribution in [2.45, 2.75) is 0 Å². The first-order chi connectivity index (χ1) is 10.6. The summed E-state index contributed by atoms with van der Waals surface area (Å²) in [5, 5.41) is 3.39. The fourth-order valence-electron chi connectivity index (χ4n) is 1.99. The topological polar surface area (TPSA) is 29.1 Å². The van der Waals surface area contributed by atoms with Crippen molar-refractivity contribution >= 4 is 34.5 Å². The molecule has 3 aromatic rings. The SMILES string of the molecule is O=C(Nc1ccc(Cl)cc1)c1ccc(-c2ccccc2F)s1. The first-order valence-electron chi connectivity index (χ1n) is 6.55. The minimum absolute atomic E-state index is 0.227. The van der Waals surface area contributed by atoms with Gasteiger partial charge < -0.3 is 5.32 Å². The van der Waals surface area contributed by atoms with Crippen LogP contribution in [0.2, 0.25) is 5.02 Å². The number of amides is 1. The molecule has 0 unspecified atom stereocenters. The van der Waals surface area contributed by atoms with Crippen molar-refractivity contribution in [3.8, 4) is 10.4 Å². The van der Waals surface area contributed by atoms with Crippen LogP contribution in [-0.4, -0.2) is 5.91 Å². The highest BCUT2D eigenvalue weighted by atomic mass is 35.5. The van der Waals surface area contributed by atoms with Gasteiger partial charge in [0.2, 0.25) is 0 Å². The number of halogens is 2. The second-order valence-corrected chi connectivity index (χ2v) is 6.12. The Morgan fingerprint density at radius 3 is 2.45 bits per heavy atom. The van der Waals surface area contributed by atoms with E-state index in [4.69, 9.17) is 11.6 Å². The van der Waals surface area contributed by atoms with Gasteiger partial charge in [0.25, 0.3) is 5.91 Å². The number of benzene rings is 2. The van der Waals surface area contributed by atoms with Crippen LogP contribution in [0.15, 0.2) is 60.7 Å². The Bertz CT molecular complexity index is 814. The predicted octanol–water partition coefficient (Wildman–Crippen LogP) is 5.46. The van der Waals surface area contributed by atoms with Gasteiger partial charge in [0.15, 0.2) is 0 Å². The Labute approximate surface area is 136 Å². The zero-order chi connectivity index (χ0) is 15.5. The Kier molecular flexibility index (Phi) is 4.22. The van der Waals surface area contributed by atoms with Gasteiger partial charge in [-0.1, -0.05) is 29.8 Å². The molecule has 1 N–H and O–H groups in total. The Morgan fingerprint density at radius 2 is 1.73 bits per heavy atom. The second kappa shape index (κ2) is 6.30. The largest absolute Gasteiger partial charge is 0.321 e. The molecule has 5 heteroatoms. The average Bonchev–Trinajstić information content (AvgIpc) is 3.00. The summed E-state index contributed by atoms with van der Waals surface area (Å²) in [6.45, 7) is 0. The summed E-state index contributed by atoms with van der Waals surface area (Å²) in [4.78, 5) is 13.4. The molecule has 0 aliphatic carbocycles. The van der Waals surface area contributed by atoms with E-state index in [2.05, 4.69) is 5.32 Å². The Hall–Kier alpha value is -2.17. The van der Waals surface area contributed by atoms with Crippen LogP contribution in [0, 0.1) is 5.82 Å². The third kappa shape index (κ3) is 3.18. The van der Waals surface area contributed by atoms with E-state index in [0.29, 0.717) is 21.2 Å². The normalized spacial score (nSPS) is 10.5. The number of carbonyl (C=O) groups is 1. The van der Waals surface area contributed by atoms with E-state index in [9.17, 15) is 9.18 Å². The quantitative estimate of drug-likeness (QED) is 0.678. The molecule has 0 spiro atoms. The van der Waals surface area contributed by atoms with Crippen LogP contribution in [0.3, 0.4) is 0 Å². The van der Waals surface area contributed by atoms with Crippen LogP contribution in [0.25, 0.3) is 10.4 Å². The standard InChI is InChI=1S/C17H11ClFNOS/c18-11-5-7-12(8-6-11)20-17(21)16-10-9-15(22-16)13-3-1-2-4-14(13)19/h1-10H,(H,20,21). The summed E-state index contributed by atoms with van der Waals surface area (Å²) < 4.78 is 13.8. The molecule has 0 radical (unpaired) electrons. The van der Waals surface area contributed by atoms with E-state index in [-0.39, 0.29) is 11.7 Å². The summed E-state index contributed by atoms with van der Waals surface area (Å²) in [5.41, 5.74) is 1.16. The average molecular weight is 332 g/mol. The fraction of sp³-hybridized carbons (Fsp3) is 0. The highest BCUT2D eigenvalue weighted by Crippen LogP contribution is 2.30. The van der Waals surface area contributed by atoms with Gasteiger partial charge >= 0.3 is 0 Å². The predicted molar refractivity (Wildman–Crippen MR) is 89.1 cm³/mol. The van der Waals surface area contributed by atoms with Crippen molar-refractivity contribution < 1.29 is 9.18 Å². The third-order valence-corrected chi connectivity index (χ3v) is 4.44. The van der Waals surface area contributed by atoms with Gasteiger partial charge in [0, 0.05) is 21.2 Å². The summed E-state index contributed by atoms with van der Waals surface area (Å²) in [6.07, 6.45) is 0. The van der Waals surface area contributed by atoms with Crippen molar-refractivity contribution in [2.75, 3.05) is 5.32 Å². The number of rotatable bonds is 3. The molecule has 22 heavy (non-hydrogen) atoms. The van der Waals surface area contributed by atoms with Crippen molar-refractivity contribution in [3.05, 3.63) is 76.4 Å². The fourth-order valence-corrected chi connectivity index (χ4v) is 3.05. The lowest BCUT2D eigenvalue weighted by atomic mass is 10.2. The number of anilines is 1. The van der Waals surface area contributed by atoms with Crippen molar-refractivity contribution in [3.63, 3.8) is 0 Å². The van der Waals surface area contributed by atoms with Gasteiger partial charge in [-0.15, -0.1) is 11.3 Å². The van der Waals surface area contributed by atoms with Gasteiger partial charge in [-0.2, -0.15) is 0 Å². The lowest BCUT2D eigenvalue weighted by molar-refractivity contribution is 0.103. The van der Waals surface area contributed by atoms with E-state index in [0.717, 1.165) is 4.88 Å². The molecule has 1 heterocycles. The number of carbonyl (C=O) groups excluding carboxylic acids is 1. The van der Waals surface area contributed by atoms with E-state index in [1.165, 1.54) is 17.4 Å². The van der Waals surface area contributed by atoms with Crippen molar-refractivity contribution in [1.82, 2.24) is 0 Å². The first kappa shape index (κ1) is 14.8. The zero-order valence-corrected chi connectivity index (χ0v) is 12.9. The Balaban J connectivity index is 1.80. The van der Waals surface area contributed by atoms with Crippen LogP contribution < -0.4 is 5.32 Å². The molecule has 1 aromatic heterocycles. The molecule has 1 amide bonds. The molecule has 0 saturated carbocycles. The molecule has 0 fully saturated rings. The molecular formula is C17H11ClFNOS. The van der Waals surface area contributed by atoms with E-state index in [1.807, 2.05) is 0 Å². The molecular weight excluding hydrogens is 321 g/mol.